The SMILES string of the molecule is CCOC(=O)c1cc(=O)c2ccccc2n1Cc1ccnc(Br)c1F. The van der Waals surface area contributed by atoms with Gasteiger partial charge in [0.1, 0.15) is 10.3 Å². The largest absolute Gasteiger partial charge is 0.461 e. The molecule has 0 amide bonds. The molecule has 0 fully saturated rings. The standard InChI is InChI=1S/C18H14BrFN2O3/c1-2-25-18(24)14-9-15(23)12-5-3-4-6-13(12)22(14)10-11-7-8-21-17(19)16(11)20/h3-9H,2,10H2,1H3. The molecule has 0 unspecified atom stereocenters. The van der Waals surface area contributed by atoms with Crippen molar-refractivity contribution < 1.29 is 13.9 Å². The van der Waals surface area contributed by atoms with Crippen molar-refractivity contribution in [1.29, 1.82) is 0 Å². The number of hydrogen-bond donors (Lipinski definition) is 0. The van der Waals surface area contributed by atoms with E-state index >= 15 is 0 Å². The van der Waals surface area contributed by atoms with E-state index in [4.69, 9.17) is 4.74 Å². The molecule has 0 radical (unpaired) electrons. The van der Waals surface area contributed by atoms with Crippen LogP contribution in [0.3, 0.4) is 0 Å². The highest BCUT2D eigenvalue weighted by atomic mass is 79.9. The van der Waals surface area contributed by atoms with Crippen molar-refractivity contribution >= 4 is 32.8 Å². The Kier molecular flexibility index (Phi) is 4.94. The molecule has 0 N–H and O–H groups in total. The number of hydrogen-bond acceptors (Lipinski definition) is 4. The first-order valence-corrected chi connectivity index (χ1v) is 8.40. The summed E-state index contributed by atoms with van der Waals surface area (Å²) in [7, 11) is 0. The maximum Gasteiger partial charge on any atom is 0.355 e. The number of halogens is 2. The Morgan fingerprint density at radius 3 is 2.84 bits per heavy atom. The van der Waals surface area contributed by atoms with Gasteiger partial charge in [-0.2, -0.15) is 0 Å². The highest BCUT2D eigenvalue weighted by Gasteiger charge is 2.18. The molecule has 3 rings (SSSR count). The summed E-state index contributed by atoms with van der Waals surface area (Å²) in [5.41, 5.74) is 0.663. The van der Waals surface area contributed by atoms with Gasteiger partial charge in [0, 0.05) is 23.2 Å². The molecule has 2 heterocycles. The quantitative estimate of drug-likeness (QED) is 0.492. The summed E-state index contributed by atoms with van der Waals surface area (Å²) >= 11 is 3.06. The summed E-state index contributed by atoms with van der Waals surface area (Å²) in [6.07, 6.45) is 1.47. The smallest absolute Gasteiger partial charge is 0.355 e. The maximum atomic E-state index is 14.3. The first kappa shape index (κ1) is 17.3. The molecule has 0 atom stereocenters. The highest BCUT2D eigenvalue weighted by molar-refractivity contribution is 9.10. The Bertz CT molecular complexity index is 1020. The molecular formula is C18H14BrFN2O3. The monoisotopic (exact) mass is 404 g/mol. The van der Waals surface area contributed by atoms with Crippen LogP contribution in [0.25, 0.3) is 10.9 Å². The van der Waals surface area contributed by atoms with Crippen molar-refractivity contribution in [2.24, 2.45) is 0 Å². The van der Waals surface area contributed by atoms with Crippen molar-refractivity contribution in [1.82, 2.24) is 9.55 Å². The number of esters is 1. The molecule has 1 aromatic carbocycles. The van der Waals surface area contributed by atoms with E-state index in [1.165, 1.54) is 18.3 Å². The van der Waals surface area contributed by atoms with Crippen LogP contribution in [0.4, 0.5) is 4.39 Å². The second kappa shape index (κ2) is 7.14. The van der Waals surface area contributed by atoms with Crippen molar-refractivity contribution in [3.8, 4) is 0 Å². The number of rotatable bonds is 4. The van der Waals surface area contributed by atoms with Gasteiger partial charge in [-0.15, -0.1) is 0 Å². The Morgan fingerprint density at radius 2 is 2.08 bits per heavy atom. The van der Waals surface area contributed by atoms with Gasteiger partial charge in [-0.3, -0.25) is 4.79 Å². The van der Waals surface area contributed by atoms with E-state index < -0.39 is 11.8 Å². The molecule has 25 heavy (non-hydrogen) atoms. The molecule has 0 spiro atoms. The molecule has 7 heteroatoms. The minimum Gasteiger partial charge on any atom is -0.461 e. The molecule has 2 aromatic heterocycles. The van der Waals surface area contributed by atoms with E-state index in [2.05, 4.69) is 20.9 Å². The van der Waals surface area contributed by atoms with Crippen molar-refractivity contribution in [3.05, 3.63) is 74.5 Å². The van der Waals surface area contributed by atoms with Gasteiger partial charge in [0.05, 0.1) is 18.7 Å². The molecule has 0 saturated heterocycles. The number of para-hydroxylation sites is 1. The van der Waals surface area contributed by atoms with Crippen LogP contribution in [0.1, 0.15) is 23.0 Å². The van der Waals surface area contributed by atoms with E-state index in [1.54, 1.807) is 35.8 Å². The van der Waals surface area contributed by atoms with Gasteiger partial charge < -0.3 is 9.30 Å². The number of pyridine rings is 2. The van der Waals surface area contributed by atoms with Crippen LogP contribution in [-0.4, -0.2) is 22.1 Å². The molecule has 0 aliphatic carbocycles. The van der Waals surface area contributed by atoms with Gasteiger partial charge >= 0.3 is 5.97 Å². The third-order valence-electron chi connectivity index (χ3n) is 3.76. The molecule has 0 aliphatic heterocycles. The van der Waals surface area contributed by atoms with Gasteiger partial charge in [0.2, 0.25) is 0 Å². The molecule has 128 valence electrons. The third-order valence-corrected chi connectivity index (χ3v) is 4.31. The van der Waals surface area contributed by atoms with Crippen LogP contribution in [-0.2, 0) is 11.3 Å². The second-order valence-electron chi connectivity index (χ2n) is 5.29. The fourth-order valence-electron chi connectivity index (χ4n) is 2.62. The maximum absolute atomic E-state index is 14.3. The number of ether oxygens (including phenoxy) is 1. The summed E-state index contributed by atoms with van der Waals surface area (Å²) in [5, 5.41) is 0.448. The highest BCUT2D eigenvalue weighted by Crippen LogP contribution is 2.20. The van der Waals surface area contributed by atoms with Crippen LogP contribution in [0.15, 0.2) is 52.0 Å². The summed E-state index contributed by atoms with van der Waals surface area (Å²) in [4.78, 5) is 28.5. The van der Waals surface area contributed by atoms with Crippen LogP contribution in [0.5, 0.6) is 0 Å². The van der Waals surface area contributed by atoms with E-state index in [9.17, 15) is 14.0 Å². The normalized spacial score (nSPS) is 10.8. The minimum absolute atomic E-state index is 0.0574. The average Bonchev–Trinajstić information content (AvgIpc) is 2.61. The number of aromatic nitrogens is 2. The van der Waals surface area contributed by atoms with Gasteiger partial charge in [-0.05, 0) is 41.1 Å². The van der Waals surface area contributed by atoms with E-state index in [-0.39, 0.29) is 28.9 Å². The van der Waals surface area contributed by atoms with E-state index in [0.717, 1.165) is 0 Å². The number of carbonyl (C=O) groups excluding carboxylic acids is 1. The molecule has 0 bridgehead atoms. The number of fused-ring (bicyclic) bond motifs is 1. The lowest BCUT2D eigenvalue weighted by Gasteiger charge is -2.16. The lowest BCUT2D eigenvalue weighted by molar-refractivity contribution is 0.0514. The number of benzene rings is 1. The van der Waals surface area contributed by atoms with Gasteiger partial charge in [0.25, 0.3) is 0 Å². The van der Waals surface area contributed by atoms with Crippen molar-refractivity contribution in [3.63, 3.8) is 0 Å². The first-order chi connectivity index (χ1) is 12.0. The summed E-state index contributed by atoms with van der Waals surface area (Å²) in [6, 6.07) is 9.64. The average molecular weight is 405 g/mol. The third kappa shape index (κ3) is 3.32. The van der Waals surface area contributed by atoms with Gasteiger partial charge in [-0.1, -0.05) is 12.1 Å². The Balaban J connectivity index is 2.25. The zero-order valence-corrected chi connectivity index (χ0v) is 14.9. The van der Waals surface area contributed by atoms with Crippen molar-refractivity contribution in [2.75, 3.05) is 6.61 Å². The Hall–Kier alpha value is -2.54. The number of nitrogens with zero attached hydrogens (tertiary/aromatic N) is 2. The summed E-state index contributed by atoms with van der Waals surface area (Å²) in [6.45, 7) is 1.91. The van der Waals surface area contributed by atoms with Crippen LogP contribution < -0.4 is 5.43 Å². The second-order valence-corrected chi connectivity index (χ2v) is 6.04. The fourth-order valence-corrected chi connectivity index (χ4v) is 2.99. The Morgan fingerprint density at radius 1 is 1.32 bits per heavy atom. The minimum atomic E-state index is -0.626. The Labute approximate surface area is 151 Å². The molecule has 0 saturated carbocycles. The summed E-state index contributed by atoms with van der Waals surface area (Å²) in [5.74, 6) is -1.14. The summed E-state index contributed by atoms with van der Waals surface area (Å²) < 4.78 is 21.1. The van der Waals surface area contributed by atoms with Gasteiger partial charge in [0.15, 0.2) is 11.2 Å². The fraction of sp³-hybridized carbons (Fsp3) is 0.167. The van der Waals surface area contributed by atoms with Crippen molar-refractivity contribution in [2.45, 2.75) is 13.5 Å². The van der Waals surface area contributed by atoms with Crippen LogP contribution in [0, 0.1) is 5.82 Å². The lowest BCUT2D eigenvalue weighted by atomic mass is 10.1. The predicted molar refractivity (Wildman–Crippen MR) is 95.2 cm³/mol. The topological polar surface area (TPSA) is 61.2 Å². The number of carbonyl (C=O) groups is 1. The molecule has 5 nitrogen and oxygen atoms in total. The van der Waals surface area contributed by atoms with Crippen LogP contribution >= 0.6 is 15.9 Å². The molecular weight excluding hydrogens is 391 g/mol. The zero-order valence-electron chi connectivity index (χ0n) is 13.3. The zero-order chi connectivity index (χ0) is 18.0. The van der Waals surface area contributed by atoms with E-state index in [0.29, 0.717) is 16.5 Å². The van der Waals surface area contributed by atoms with E-state index in [1.807, 2.05) is 0 Å². The van der Waals surface area contributed by atoms with Gasteiger partial charge in [-0.25, -0.2) is 14.2 Å². The molecule has 3 aromatic rings. The van der Waals surface area contributed by atoms with Crippen LogP contribution in [0.2, 0.25) is 0 Å². The first-order valence-electron chi connectivity index (χ1n) is 7.61. The molecule has 0 aliphatic rings. The predicted octanol–water partition coefficient (Wildman–Crippen LogP) is 3.52. The lowest BCUT2D eigenvalue weighted by Crippen LogP contribution is -2.21.